The number of hydrogen-bond donors (Lipinski definition) is 0. The van der Waals surface area contributed by atoms with Gasteiger partial charge in [0, 0.05) is 18.3 Å². The Kier molecular flexibility index (Phi) is 4.41. The van der Waals surface area contributed by atoms with Gasteiger partial charge in [0.1, 0.15) is 11.9 Å². The van der Waals surface area contributed by atoms with Crippen molar-refractivity contribution in [1.82, 2.24) is 0 Å². The number of Topliss-reactive ketones (excluding diaryl/α,β-unsaturated/α-hetero) is 1. The van der Waals surface area contributed by atoms with Gasteiger partial charge in [-0.1, -0.05) is 25.5 Å². The van der Waals surface area contributed by atoms with Crippen molar-refractivity contribution in [2.75, 3.05) is 0 Å². The lowest BCUT2D eigenvalue weighted by atomic mass is 9.42. The van der Waals surface area contributed by atoms with Crippen LogP contribution in [0.2, 0.25) is 0 Å². The van der Waals surface area contributed by atoms with Crippen LogP contribution >= 0.6 is 0 Å². The van der Waals surface area contributed by atoms with Crippen molar-refractivity contribution >= 4 is 11.8 Å². The molecule has 6 atom stereocenters. The number of allylic oxidation sites excluding steroid dienone is 2. The molecule has 23 heavy (non-hydrogen) atoms. The highest BCUT2D eigenvalue weighted by Crippen LogP contribution is 2.60. The Hall–Kier alpha value is -1.12. The topological polar surface area (TPSA) is 43.4 Å². The van der Waals surface area contributed by atoms with E-state index in [1.165, 1.54) is 5.57 Å². The van der Waals surface area contributed by atoms with Crippen LogP contribution in [0.1, 0.15) is 66.2 Å². The van der Waals surface area contributed by atoms with Crippen LogP contribution in [0.15, 0.2) is 11.6 Å². The van der Waals surface area contributed by atoms with Crippen molar-refractivity contribution < 1.29 is 14.3 Å². The molecule has 1 saturated heterocycles. The van der Waals surface area contributed by atoms with Crippen LogP contribution in [0.5, 0.6) is 0 Å². The first kappa shape index (κ1) is 16.7. The molecule has 1 aliphatic heterocycles. The maximum Gasteiger partial charge on any atom is 0.306 e. The molecule has 3 rings (SSSR count). The van der Waals surface area contributed by atoms with E-state index < -0.39 is 0 Å². The molecule has 0 bridgehead atoms. The number of ether oxygens (including phenoxy) is 1. The van der Waals surface area contributed by atoms with Gasteiger partial charge in [-0.2, -0.15) is 0 Å². The highest BCUT2D eigenvalue weighted by atomic mass is 16.5. The van der Waals surface area contributed by atoms with Crippen LogP contribution in [0.4, 0.5) is 0 Å². The second-order valence-corrected chi connectivity index (χ2v) is 8.53. The average Bonchev–Trinajstić information content (AvgIpc) is 2.95. The number of rotatable bonds is 4. The number of carbonyl (C=O) groups is 2. The summed E-state index contributed by atoms with van der Waals surface area (Å²) in [6.07, 6.45) is 7.67. The molecule has 1 heterocycles. The number of carbonyl (C=O) groups excluding carboxylic acids is 2. The van der Waals surface area contributed by atoms with Gasteiger partial charge in [0.25, 0.3) is 0 Å². The lowest BCUT2D eigenvalue weighted by Gasteiger charge is -2.45. The summed E-state index contributed by atoms with van der Waals surface area (Å²) >= 11 is 0. The third-order valence-electron chi connectivity index (χ3n) is 6.75. The Morgan fingerprint density at radius 1 is 1.35 bits per heavy atom. The van der Waals surface area contributed by atoms with E-state index in [2.05, 4.69) is 33.8 Å². The number of fused-ring (bicyclic) bond motifs is 3. The van der Waals surface area contributed by atoms with Crippen molar-refractivity contribution in [3.63, 3.8) is 0 Å². The molecular weight excluding hydrogens is 287 g/mol. The number of ketones is 1. The summed E-state index contributed by atoms with van der Waals surface area (Å²) in [6.45, 7) is 8.90. The van der Waals surface area contributed by atoms with Gasteiger partial charge >= 0.3 is 5.97 Å². The predicted octanol–water partition coefficient (Wildman–Crippen LogP) is 4.31. The van der Waals surface area contributed by atoms with E-state index >= 15 is 0 Å². The third-order valence-corrected chi connectivity index (χ3v) is 6.75. The van der Waals surface area contributed by atoms with Crippen LogP contribution in [-0.4, -0.2) is 17.9 Å². The van der Waals surface area contributed by atoms with Gasteiger partial charge in [-0.15, -0.1) is 0 Å². The van der Waals surface area contributed by atoms with E-state index in [1.807, 2.05) is 0 Å². The molecule has 3 heteroatoms. The zero-order valence-corrected chi connectivity index (χ0v) is 14.9. The SMILES string of the molecule is CC(C)=CCC[11C@@H](C)[C@H]1CC(=O)[C@@H]2[C@H]3CC(=O)O[C@H]3CC[C@]21C. The van der Waals surface area contributed by atoms with Gasteiger partial charge in [0.05, 0.1) is 6.42 Å². The van der Waals surface area contributed by atoms with E-state index in [9.17, 15) is 9.59 Å². The van der Waals surface area contributed by atoms with Gasteiger partial charge in [0.15, 0.2) is 0 Å². The molecule has 0 unspecified atom stereocenters. The molecule has 3 aliphatic rings. The Labute approximate surface area is 139 Å². The molecule has 0 spiro atoms. The van der Waals surface area contributed by atoms with E-state index in [1.54, 1.807) is 0 Å². The Balaban J connectivity index is 1.76. The van der Waals surface area contributed by atoms with Crippen LogP contribution in [0.3, 0.4) is 0 Å². The summed E-state index contributed by atoms with van der Waals surface area (Å²) in [5, 5.41) is 0. The molecule has 2 saturated carbocycles. The highest BCUT2D eigenvalue weighted by Gasteiger charge is 2.61. The summed E-state index contributed by atoms with van der Waals surface area (Å²) in [7, 11) is 0. The van der Waals surface area contributed by atoms with E-state index in [0.717, 1.165) is 25.7 Å². The van der Waals surface area contributed by atoms with E-state index in [0.29, 0.717) is 30.5 Å². The Morgan fingerprint density at radius 3 is 2.78 bits per heavy atom. The number of esters is 1. The van der Waals surface area contributed by atoms with Crippen LogP contribution in [0.25, 0.3) is 0 Å². The monoisotopic (exact) mass is 317 g/mol. The summed E-state index contributed by atoms with van der Waals surface area (Å²) in [5.74, 6) is 1.49. The molecule has 0 amide bonds. The second-order valence-electron chi connectivity index (χ2n) is 8.53. The molecule has 3 nitrogen and oxygen atoms in total. The lowest BCUT2D eigenvalue weighted by Crippen LogP contribution is -2.44. The van der Waals surface area contributed by atoms with Crippen molar-refractivity contribution in [3.8, 4) is 0 Å². The van der Waals surface area contributed by atoms with Crippen molar-refractivity contribution in [1.29, 1.82) is 0 Å². The van der Waals surface area contributed by atoms with Gasteiger partial charge in [-0.25, -0.2) is 0 Å². The molecule has 0 N–H and O–H groups in total. The van der Waals surface area contributed by atoms with Crippen LogP contribution < -0.4 is 0 Å². The minimum Gasteiger partial charge on any atom is -0.462 e. The molecule has 128 valence electrons. The van der Waals surface area contributed by atoms with E-state index in [-0.39, 0.29) is 29.3 Å². The van der Waals surface area contributed by atoms with Crippen molar-refractivity contribution in [3.05, 3.63) is 11.6 Å². The first-order valence-electron chi connectivity index (χ1n) is 9.18. The smallest absolute Gasteiger partial charge is 0.306 e. The lowest BCUT2D eigenvalue weighted by molar-refractivity contribution is -0.144. The maximum absolute atomic E-state index is 12.8. The zero-order chi connectivity index (χ0) is 16.8. The minimum atomic E-state index is -0.0999. The first-order valence-corrected chi connectivity index (χ1v) is 9.18. The van der Waals surface area contributed by atoms with Gasteiger partial charge in [-0.05, 0) is 56.8 Å². The molecular formula is C20H30O3. The predicted molar refractivity (Wildman–Crippen MR) is 89.8 cm³/mol. The average molecular weight is 317 g/mol. The molecule has 2 aliphatic carbocycles. The third kappa shape index (κ3) is 2.88. The van der Waals surface area contributed by atoms with E-state index in [4.69, 9.17) is 4.74 Å². The normalized spacial score (nSPS) is 40.3. The first-order chi connectivity index (χ1) is 10.8. The maximum atomic E-state index is 12.8. The second kappa shape index (κ2) is 6.07. The van der Waals surface area contributed by atoms with Gasteiger partial charge in [0.2, 0.25) is 0 Å². The zero-order valence-electron chi connectivity index (χ0n) is 14.9. The van der Waals surface area contributed by atoms with Gasteiger partial charge in [-0.3, -0.25) is 9.59 Å². The van der Waals surface area contributed by atoms with Crippen LogP contribution in [0, 0.1) is 29.1 Å². The largest absolute Gasteiger partial charge is 0.462 e. The summed E-state index contributed by atoms with van der Waals surface area (Å²) in [6, 6.07) is 0. The van der Waals surface area contributed by atoms with Crippen molar-refractivity contribution in [2.24, 2.45) is 29.1 Å². The fraction of sp³-hybridized carbons (Fsp3) is 0.800. The van der Waals surface area contributed by atoms with Crippen molar-refractivity contribution in [2.45, 2.75) is 72.3 Å². The molecule has 0 radical (unpaired) electrons. The molecule has 0 aromatic rings. The summed E-state index contributed by atoms with van der Waals surface area (Å²) < 4.78 is 5.45. The summed E-state index contributed by atoms with van der Waals surface area (Å²) in [5.41, 5.74) is 1.43. The Morgan fingerprint density at radius 2 is 2.09 bits per heavy atom. The summed E-state index contributed by atoms with van der Waals surface area (Å²) in [4.78, 5) is 24.5. The highest BCUT2D eigenvalue weighted by molar-refractivity contribution is 5.86. The fourth-order valence-corrected chi connectivity index (χ4v) is 5.62. The minimum absolute atomic E-state index is 0.00394. The standard InChI is InChI=1S/C20H30O3/c1-12(2)6-5-7-13(3)15-11-16(21)19-14-10-18(22)23-17(14)8-9-20(15,19)4/h6,13-15,17,19H,5,7-11H2,1-4H3/t13-,14+,15-,17+,19+,20+/m1/s1/i13-1. The fourth-order valence-electron chi connectivity index (χ4n) is 5.62. The quantitative estimate of drug-likeness (QED) is 0.573. The van der Waals surface area contributed by atoms with Gasteiger partial charge < -0.3 is 4.74 Å². The van der Waals surface area contributed by atoms with Crippen LogP contribution in [-0.2, 0) is 14.3 Å². The molecule has 3 fully saturated rings. The molecule has 0 aromatic carbocycles. The molecule has 0 aromatic heterocycles. The number of hydrogen-bond acceptors (Lipinski definition) is 3. The Bertz CT molecular complexity index is 531.